The molecule has 4 rings (SSSR count). The van der Waals surface area contributed by atoms with E-state index >= 15 is 0 Å². The number of aromatic carboxylic acids is 1. The molecule has 0 bridgehead atoms. The maximum atomic E-state index is 12.5. The number of hydrogen-bond donors (Lipinski definition) is 2. The van der Waals surface area contributed by atoms with Gasteiger partial charge < -0.3 is 5.11 Å². The van der Waals surface area contributed by atoms with E-state index in [1.54, 1.807) is 30.3 Å². The van der Waals surface area contributed by atoms with E-state index in [9.17, 15) is 24.3 Å². The highest BCUT2D eigenvalue weighted by Crippen LogP contribution is 2.43. The second-order valence-electron chi connectivity index (χ2n) is 6.65. The first kappa shape index (κ1) is 19.0. The zero-order valence-electron chi connectivity index (χ0n) is 15.5. The molecule has 146 valence electrons. The number of carboxylic acid groups (broad SMARTS) is 1. The Bertz CT molecular complexity index is 1240. The molecule has 0 saturated carbocycles. The van der Waals surface area contributed by atoms with Crippen LogP contribution in [0.15, 0.2) is 65.7 Å². The number of rotatable bonds is 5. The third kappa shape index (κ3) is 3.09. The zero-order valence-corrected chi connectivity index (χ0v) is 15.5. The summed E-state index contributed by atoms with van der Waals surface area (Å²) in [4.78, 5) is 52.2. The van der Waals surface area contributed by atoms with E-state index in [1.807, 2.05) is 30.3 Å². The lowest BCUT2D eigenvalue weighted by molar-refractivity contribution is 0.0691. The molecule has 3 aromatic rings. The molecule has 0 aromatic heterocycles. The van der Waals surface area contributed by atoms with Crippen LogP contribution in [0.3, 0.4) is 0 Å². The Hall–Kier alpha value is -4.35. The van der Waals surface area contributed by atoms with E-state index in [4.69, 9.17) is 0 Å². The van der Waals surface area contributed by atoms with Crippen molar-refractivity contribution in [1.29, 1.82) is 0 Å². The summed E-state index contributed by atoms with van der Waals surface area (Å²) in [6.45, 7) is 0. The Balaban J connectivity index is 2.18. The molecule has 0 radical (unpaired) electrons. The molecular weight excluding hydrogens is 384 g/mol. The number of nitrogens with one attached hydrogen (secondary N) is 1. The van der Waals surface area contributed by atoms with Gasteiger partial charge in [0.15, 0.2) is 0 Å². The van der Waals surface area contributed by atoms with Gasteiger partial charge in [0.2, 0.25) is 6.08 Å². The zero-order chi connectivity index (χ0) is 21.3. The Morgan fingerprint density at radius 3 is 2.10 bits per heavy atom. The second-order valence-corrected chi connectivity index (χ2v) is 6.65. The van der Waals surface area contributed by atoms with Gasteiger partial charge in [-0.2, -0.15) is 4.99 Å². The van der Waals surface area contributed by atoms with Crippen LogP contribution in [0.1, 0.15) is 42.2 Å². The van der Waals surface area contributed by atoms with Gasteiger partial charge in [0.25, 0.3) is 11.8 Å². The van der Waals surface area contributed by atoms with Gasteiger partial charge in [-0.15, -0.1) is 0 Å². The van der Waals surface area contributed by atoms with Crippen molar-refractivity contribution in [1.82, 2.24) is 5.32 Å². The van der Waals surface area contributed by atoms with Crippen molar-refractivity contribution in [3.05, 3.63) is 88.5 Å². The molecule has 2 amide bonds. The van der Waals surface area contributed by atoms with Crippen LogP contribution in [-0.2, 0) is 11.2 Å². The van der Waals surface area contributed by atoms with Gasteiger partial charge in [-0.05, 0) is 16.7 Å². The van der Waals surface area contributed by atoms with Gasteiger partial charge in [0.1, 0.15) is 0 Å². The Morgan fingerprint density at radius 1 is 0.900 bits per heavy atom. The summed E-state index contributed by atoms with van der Waals surface area (Å²) >= 11 is 0. The van der Waals surface area contributed by atoms with Crippen molar-refractivity contribution >= 4 is 29.6 Å². The van der Waals surface area contributed by atoms with Crippen molar-refractivity contribution < 1.29 is 24.3 Å². The summed E-state index contributed by atoms with van der Waals surface area (Å²) in [5.74, 6) is -2.98. The standard InChI is InChI=1S/C23H14N2O5/c26-12-24-20-15(11-13-7-3-1-4-8-13)16(14-9-5-2-6-10-14)18(23(29)30)17-19(20)22(28)25-21(17)27/h1-10H,11H2,(H,29,30)(H,25,27,28). The summed E-state index contributed by atoms with van der Waals surface area (Å²) in [6, 6.07) is 17.8. The van der Waals surface area contributed by atoms with Crippen LogP contribution < -0.4 is 5.32 Å². The van der Waals surface area contributed by atoms with Gasteiger partial charge in [-0.25, -0.2) is 9.59 Å². The lowest BCUT2D eigenvalue weighted by Crippen LogP contribution is -2.20. The first-order valence-corrected chi connectivity index (χ1v) is 9.02. The molecule has 0 fully saturated rings. The smallest absolute Gasteiger partial charge is 0.337 e. The fourth-order valence-corrected chi connectivity index (χ4v) is 3.74. The minimum Gasteiger partial charge on any atom is -0.478 e. The lowest BCUT2D eigenvalue weighted by Gasteiger charge is -2.18. The largest absolute Gasteiger partial charge is 0.478 e. The molecule has 30 heavy (non-hydrogen) atoms. The Morgan fingerprint density at radius 2 is 1.50 bits per heavy atom. The predicted octanol–water partition coefficient (Wildman–Crippen LogP) is 3.49. The van der Waals surface area contributed by atoms with Gasteiger partial charge in [-0.3, -0.25) is 14.9 Å². The van der Waals surface area contributed by atoms with Crippen molar-refractivity contribution in [2.24, 2.45) is 4.99 Å². The molecule has 0 aliphatic carbocycles. The molecule has 7 nitrogen and oxygen atoms in total. The highest BCUT2D eigenvalue weighted by molar-refractivity contribution is 6.28. The molecule has 0 unspecified atom stereocenters. The van der Waals surface area contributed by atoms with Crippen LogP contribution in [0.4, 0.5) is 5.69 Å². The molecule has 2 N–H and O–H groups in total. The number of hydrogen-bond acceptors (Lipinski definition) is 5. The van der Waals surface area contributed by atoms with Gasteiger partial charge in [-0.1, -0.05) is 60.7 Å². The number of benzene rings is 3. The normalized spacial score (nSPS) is 12.1. The van der Waals surface area contributed by atoms with Crippen LogP contribution in [0, 0.1) is 0 Å². The number of carbonyl (C=O) groups excluding carboxylic acids is 3. The van der Waals surface area contributed by atoms with Crippen LogP contribution >= 0.6 is 0 Å². The first-order chi connectivity index (χ1) is 14.5. The molecule has 1 aliphatic rings. The van der Waals surface area contributed by atoms with E-state index < -0.39 is 17.8 Å². The molecule has 0 atom stereocenters. The number of aliphatic imine (C=N–C) groups is 1. The first-order valence-electron chi connectivity index (χ1n) is 9.02. The van der Waals surface area contributed by atoms with E-state index in [2.05, 4.69) is 10.3 Å². The van der Waals surface area contributed by atoms with E-state index in [0.29, 0.717) is 11.1 Å². The van der Waals surface area contributed by atoms with E-state index in [0.717, 1.165) is 5.56 Å². The fourth-order valence-electron chi connectivity index (χ4n) is 3.74. The highest BCUT2D eigenvalue weighted by Gasteiger charge is 2.39. The number of amides is 2. The number of carbonyl (C=O) groups is 3. The maximum Gasteiger partial charge on any atom is 0.337 e. The Labute approximate surface area is 170 Å². The Kier molecular flexibility index (Phi) is 4.80. The van der Waals surface area contributed by atoms with Crippen LogP contribution in [0.2, 0.25) is 0 Å². The molecular formula is C23H14N2O5. The lowest BCUT2D eigenvalue weighted by atomic mass is 9.84. The number of nitrogens with zero attached hydrogens (tertiary/aromatic N) is 1. The van der Waals surface area contributed by atoms with Crippen molar-refractivity contribution in [2.45, 2.75) is 6.42 Å². The van der Waals surface area contributed by atoms with Crippen LogP contribution in [0.25, 0.3) is 11.1 Å². The maximum absolute atomic E-state index is 12.5. The monoisotopic (exact) mass is 398 g/mol. The third-order valence-corrected chi connectivity index (χ3v) is 4.91. The van der Waals surface area contributed by atoms with Crippen molar-refractivity contribution in [3.63, 3.8) is 0 Å². The van der Waals surface area contributed by atoms with Gasteiger partial charge in [0, 0.05) is 12.0 Å². The third-order valence-electron chi connectivity index (χ3n) is 4.91. The summed E-state index contributed by atoms with van der Waals surface area (Å²) < 4.78 is 0. The topological polar surface area (TPSA) is 113 Å². The second kappa shape index (κ2) is 7.58. The number of fused-ring (bicyclic) bond motifs is 1. The summed E-state index contributed by atoms with van der Waals surface area (Å²) in [7, 11) is 0. The molecule has 1 heterocycles. The fraction of sp³-hybridized carbons (Fsp3) is 0.0435. The summed E-state index contributed by atoms with van der Waals surface area (Å²) in [5, 5.41) is 12.1. The van der Waals surface area contributed by atoms with Crippen molar-refractivity contribution in [3.8, 4) is 11.1 Å². The predicted molar refractivity (Wildman–Crippen MR) is 108 cm³/mol. The average molecular weight is 398 g/mol. The quantitative estimate of drug-likeness (QED) is 0.388. The molecule has 1 aliphatic heterocycles. The summed E-state index contributed by atoms with van der Waals surface area (Å²) in [5.41, 5.74) is 1.09. The number of isocyanates is 1. The van der Waals surface area contributed by atoms with Crippen molar-refractivity contribution in [2.75, 3.05) is 0 Å². The van der Waals surface area contributed by atoms with Gasteiger partial charge >= 0.3 is 5.97 Å². The molecule has 0 saturated heterocycles. The van der Waals surface area contributed by atoms with E-state index in [-0.39, 0.29) is 34.4 Å². The highest BCUT2D eigenvalue weighted by atomic mass is 16.4. The van der Waals surface area contributed by atoms with Crippen LogP contribution in [-0.4, -0.2) is 29.0 Å². The molecule has 0 spiro atoms. The average Bonchev–Trinajstić information content (AvgIpc) is 3.04. The van der Waals surface area contributed by atoms with Gasteiger partial charge in [0.05, 0.1) is 22.4 Å². The molecule has 3 aromatic carbocycles. The van der Waals surface area contributed by atoms with E-state index in [1.165, 1.54) is 6.08 Å². The molecule has 7 heteroatoms. The van der Waals surface area contributed by atoms with Crippen LogP contribution in [0.5, 0.6) is 0 Å². The minimum absolute atomic E-state index is 0.0453. The minimum atomic E-state index is -1.36. The SMILES string of the molecule is O=C=Nc1c(Cc2ccccc2)c(-c2ccccc2)c(C(=O)O)c2c1C(=O)NC2=O. The summed E-state index contributed by atoms with van der Waals surface area (Å²) in [6.07, 6.45) is 1.63. The number of carboxylic acids is 1. The number of imide groups is 1.